The van der Waals surface area contributed by atoms with E-state index < -0.39 is 0 Å². The maximum atomic E-state index is 11.8. The van der Waals surface area contributed by atoms with Crippen LogP contribution in [0.2, 0.25) is 0 Å². The molecular formula is C34H68N2O4. The fourth-order valence-corrected chi connectivity index (χ4v) is 4.76. The fraction of sp³-hybridized carbons (Fsp3) is 0.941. The molecule has 2 amide bonds. The Morgan fingerprint density at radius 1 is 0.575 bits per heavy atom. The number of unbranched alkanes of at least 4 members (excludes halogenated alkanes) is 17. The van der Waals surface area contributed by atoms with E-state index in [-0.39, 0.29) is 12.0 Å². The lowest BCUT2D eigenvalue weighted by Gasteiger charge is -2.09. The second-order valence-electron chi connectivity index (χ2n) is 11.8. The zero-order valence-corrected chi connectivity index (χ0v) is 27.0. The molecule has 0 aromatic heterocycles. The van der Waals surface area contributed by atoms with Crippen molar-refractivity contribution in [2.75, 3.05) is 32.9 Å². The molecule has 0 aliphatic carbocycles. The Bertz CT molecular complexity index is 544. The molecule has 0 bridgehead atoms. The predicted molar refractivity (Wildman–Crippen MR) is 170 cm³/mol. The molecule has 0 radical (unpaired) electrons. The average molecular weight is 569 g/mol. The van der Waals surface area contributed by atoms with Gasteiger partial charge in [0.25, 0.3) is 0 Å². The number of hydrogen-bond acceptors (Lipinski definition) is 4. The number of carbonyl (C=O) groups excluding carboxylic acids is 2. The smallest absolute Gasteiger partial charge is 0.407 e. The van der Waals surface area contributed by atoms with Crippen molar-refractivity contribution in [3.05, 3.63) is 0 Å². The molecule has 6 heteroatoms. The van der Waals surface area contributed by atoms with Crippen molar-refractivity contribution in [2.45, 2.75) is 168 Å². The van der Waals surface area contributed by atoms with Gasteiger partial charge in [0.1, 0.15) is 0 Å². The van der Waals surface area contributed by atoms with Crippen LogP contribution >= 0.6 is 0 Å². The number of carbonyl (C=O) groups is 2. The molecule has 40 heavy (non-hydrogen) atoms. The highest BCUT2D eigenvalue weighted by Crippen LogP contribution is 2.13. The average Bonchev–Trinajstić information content (AvgIpc) is 2.95. The first-order valence-electron chi connectivity index (χ1n) is 17.3. The zero-order chi connectivity index (χ0) is 29.4. The second kappa shape index (κ2) is 32.2. The van der Waals surface area contributed by atoms with Crippen LogP contribution in [-0.2, 0) is 14.3 Å². The molecule has 1 unspecified atom stereocenters. The highest BCUT2D eigenvalue weighted by molar-refractivity contribution is 5.75. The quantitative estimate of drug-likeness (QED) is 0.0816. The van der Waals surface area contributed by atoms with Gasteiger partial charge in [0.2, 0.25) is 5.91 Å². The highest BCUT2D eigenvalue weighted by atomic mass is 16.5. The molecule has 2 N–H and O–H groups in total. The van der Waals surface area contributed by atoms with Gasteiger partial charge in [-0.1, -0.05) is 130 Å². The Hall–Kier alpha value is -1.30. The van der Waals surface area contributed by atoms with Crippen molar-refractivity contribution >= 4 is 12.0 Å². The third-order valence-corrected chi connectivity index (χ3v) is 7.81. The van der Waals surface area contributed by atoms with E-state index in [9.17, 15) is 9.59 Å². The minimum Gasteiger partial charge on any atom is -0.449 e. The third kappa shape index (κ3) is 31.2. The van der Waals surface area contributed by atoms with Crippen LogP contribution < -0.4 is 10.6 Å². The van der Waals surface area contributed by atoms with Crippen molar-refractivity contribution in [3.63, 3.8) is 0 Å². The first-order chi connectivity index (χ1) is 19.6. The predicted octanol–water partition coefficient (Wildman–Crippen LogP) is 9.49. The van der Waals surface area contributed by atoms with Crippen molar-refractivity contribution < 1.29 is 19.1 Å². The Morgan fingerprint density at radius 3 is 1.68 bits per heavy atom. The van der Waals surface area contributed by atoms with E-state index in [4.69, 9.17) is 9.47 Å². The van der Waals surface area contributed by atoms with E-state index >= 15 is 0 Å². The van der Waals surface area contributed by atoms with Crippen molar-refractivity contribution in [2.24, 2.45) is 5.92 Å². The van der Waals surface area contributed by atoms with Crippen LogP contribution in [0.25, 0.3) is 0 Å². The molecule has 0 saturated heterocycles. The largest absolute Gasteiger partial charge is 0.449 e. The van der Waals surface area contributed by atoms with E-state index in [2.05, 4.69) is 31.4 Å². The maximum Gasteiger partial charge on any atom is 0.407 e. The molecule has 0 aliphatic heterocycles. The monoisotopic (exact) mass is 569 g/mol. The Kier molecular flexibility index (Phi) is 31.2. The Morgan fingerprint density at radius 2 is 1.10 bits per heavy atom. The third-order valence-electron chi connectivity index (χ3n) is 7.81. The minimum absolute atomic E-state index is 0.132. The summed E-state index contributed by atoms with van der Waals surface area (Å²) in [6.45, 7) is 9.87. The summed E-state index contributed by atoms with van der Waals surface area (Å²) in [5.41, 5.74) is 0. The van der Waals surface area contributed by atoms with Crippen LogP contribution in [0.5, 0.6) is 0 Å². The molecular weight excluding hydrogens is 500 g/mol. The van der Waals surface area contributed by atoms with Crippen LogP contribution in [0.1, 0.15) is 168 Å². The molecule has 6 nitrogen and oxygen atoms in total. The lowest BCUT2D eigenvalue weighted by molar-refractivity contribution is -0.121. The topological polar surface area (TPSA) is 76.7 Å². The molecule has 0 fully saturated rings. The molecule has 0 aromatic carbocycles. The van der Waals surface area contributed by atoms with Gasteiger partial charge in [0.05, 0.1) is 6.61 Å². The normalized spacial score (nSPS) is 11.9. The molecule has 0 spiro atoms. The summed E-state index contributed by atoms with van der Waals surface area (Å²) in [7, 11) is 0. The second-order valence-corrected chi connectivity index (χ2v) is 11.8. The molecule has 0 aromatic rings. The van der Waals surface area contributed by atoms with Crippen molar-refractivity contribution in [3.8, 4) is 0 Å². The van der Waals surface area contributed by atoms with E-state index in [0.29, 0.717) is 32.1 Å². The van der Waals surface area contributed by atoms with Crippen LogP contribution in [0, 0.1) is 5.92 Å². The van der Waals surface area contributed by atoms with Gasteiger partial charge in [0.15, 0.2) is 0 Å². The molecule has 238 valence electrons. The van der Waals surface area contributed by atoms with E-state index in [0.717, 1.165) is 58.1 Å². The SMILES string of the molecule is CCCCCCCCCCCCCCCCCCOCCCOC(=O)NCCCCCC(=O)NCCC(C)CC. The summed E-state index contributed by atoms with van der Waals surface area (Å²) in [4.78, 5) is 23.5. The van der Waals surface area contributed by atoms with Crippen LogP contribution in [0.15, 0.2) is 0 Å². The molecule has 0 aliphatic rings. The molecule has 0 heterocycles. The Labute approximate surface area is 248 Å². The maximum absolute atomic E-state index is 11.8. The number of rotatable bonds is 31. The van der Waals surface area contributed by atoms with Gasteiger partial charge in [-0.2, -0.15) is 0 Å². The van der Waals surface area contributed by atoms with E-state index in [1.54, 1.807) is 0 Å². The number of hydrogen-bond donors (Lipinski definition) is 2. The van der Waals surface area contributed by atoms with Gasteiger partial charge in [0, 0.05) is 39.1 Å². The van der Waals surface area contributed by atoms with E-state index in [1.165, 1.54) is 96.3 Å². The first kappa shape index (κ1) is 38.7. The van der Waals surface area contributed by atoms with Gasteiger partial charge in [-0.05, 0) is 31.6 Å². The van der Waals surface area contributed by atoms with Crippen molar-refractivity contribution in [1.29, 1.82) is 0 Å². The molecule has 1 atom stereocenters. The highest BCUT2D eigenvalue weighted by Gasteiger charge is 2.04. The summed E-state index contributed by atoms with van der Waals surface area (Å²) in [6, 6.07) is 0. The summed E-state index contributed by atoms with van der Waals surface area (Å²) in [6.07, 6.45) is 27.8. The fourth-order valence-electron chi connectivity index (χ4n) is 4.76. The van der Waals surface area contributed by atoms with Gasteiger partial charge in [-0.3, -0.25) is 4.79 Å². The number of ether oxygens (including phenoxy) is 2. The van der Waals surface area contributed by atoms with Gasteiger partial charge in [-0.15, -0.1) is 0 Å². The van der Waals surface area contributed by atoms with Crippen LogP contribution in [0.3, 0.4) is 0 Å². The van der Waals surface area contributed by atoms with Crippen molar-refractivity contribution in [1.82, 2.24) is 10.6 Å². The minimum atomic E-state index is -0.361. The standard InChI is InChI=1S/C34H68N2O4/c1-4-6-7-8-9-10-11-12-13-14-15-16-17-18-19-23-29-39-30-24-31-40-34(38)36-27-22-20-21-25-33(37)35-28-26-32(3)5-2/h32H,4-31H2,1-3H3,(H,35,37)(H,36,38). The van der Waals surface area contributed by atoms with Crippen LogP contribution in [0.4, 0.5) is 4.79 Å². The summed E-state index contributed by atoms with van der Waals surface area (Å²) in [5.74, 6) is 0.792. The van der Waals surface area contributed by atoms with E-state index in [1.807, 2.05) is 0 Å². The summed E-state index contributed by atoms with van der Waals surface area (Å²) < 4.78 is 10.9. The lowest BCUT2D eigenvalue weighted by Crippen LogP contribution is -2.26. The summed E-state index contributed by atoms with van der Waals surface area (Å²) >= 11 is 0. The lowest BCUT2D eigenvalue weighted by atomic mass is 10.0. The zero-order valence-electron chi connectivity index (χ0n) is 27.0. The number of nitrogens with one attached hydrogen (secondary N) is 2. The van der Waals surface area contributed by atoms with Gasteiger partial charge >= 0.3 is 6.09 Å². The van der Waals surface area contributed by atoms with Crippen LogP contribution in [-0.4, -0.2) is 44.9 Å². The first-order valence-corrected chi connectivity index (χ1v) is 17.3. The summed E-state index contributed by atoms with van der Waals surface area (Å²) in [5, 5.41) is 5.77. The Balaban J connectivity index is 3.22. The molecule has 0 rings (SSSR count). The van der Waals surface area contributed by atoms with Gasteiger partial charge in [-0.25, -0.2) is 4.79 Å². The number of alkyl carbamates (subject to hydrolysis) is 1. The van der Waals surface area contributed by atoms with Gasteiger partial charge < -0.3 is 20.1 Å². The molecule has 0 saturated carbocycles. The number of amides is 2.